The summed E-state index contributed by atoms with van der Waals surface area (Å²) in [6, 6.07) is 7.79. The summed E-state index contributed by atoms with van der Waals surface area (Å²) in [4.78, 5) is 29.2. The highest BCUT2D eigenvalue weighted by Gasteiger charge is 2.13. The summed E-state index contributed by atoms with van der Waals surface area (Å²) in [6.45, 7) is 3.11. The molecule has 3 aromatic heterocycles. The van der Waals surface area contributed by atoms with E-state index in [4.69, 9.17) is 10.5 Å². The molecule has 0 aliphatic carbocycles. The van der Waals surface area contributed by atoms with Gasteiger partial charge in [0.05, 0.1) is 24.0 Å². The predicted molar refractivity (Wildman–Crippen MR) is 104 cm³/mol. The van der Waals surface area contributed by atoms with Gasteiger partial charge >= 0.3 is 5.97 Å². The van der Waals surface area contributed by atoms with Gasteiger partial charge < -0.3 is 19.6 Å². The molecule has 4 rings (SSSR count). The van der Waals surface area contributed by atoms with Gasteiger partial charge in [0.2, 0.25) is 0 Å². The minimum atomic E-state index is -0.278. The summed E-state index contributed by atoms with van der Waals surface area (Å²) in [5.41, 5.74) is 8.88. The van der Waals surface area contributed by atoms with Crippen molar-refractivity contribution < 1.29 is 9.53 Å². The topological polar surface area (TPSA) is 114 Å². The molecular formula is C19H21N7O2. The first-order chi connectivity index (χ1) is 13.7. The van der Waals surface area contributed by atoms with Crippen LogP contribution in [0.1, 0.15) is 19.2 Å². The van der Waals surface area contributed by atoms with Crippen molar-refractivity contribution in [2.45, 2.75) is 32.9 Å². The van der Waals surface area contributed by atoms with E-state index in [2.05, 4.69) is 19.9 Å². The number of ether oxygens (including phenoxy) is 1. The molecule has 0 bridgehead atoms. The van der Waals surface area contributed by atoms with Crippen LogP contribution in [0.25, 0.3) is 22.2 Å². The summed E-state index contributed by atoms with van der Waals surface area (Å²) >= 11 is 0. The minimum Gasteiger partial charge on any atom is -0.464 e. The van der Waals surface area contributed by atoms with Crippen LogP contribution in [0.2, 0.25) is 0 Å². The molecule has 4 aromatic rings. The highest BCUT2D eigenvalue weighted by atomic mass is 16.5. The van der Waals surface area contributed by atoms with Gasteiger partial charge in [0.1, 0.15) is 24.2 Å². The monoisotopic (exact) mass is 379 g/mol. The van der Waals surface area contributed by atoms with Crippen LogP contribution in [0, 0.1) is 0 Å². The quantitative estimate of drug-likeness (QED) is 0.385. The molecule has 0 atom stereocenters. The van der Waals surface area contributed by atoms with Gasteiger partial charge in [-0.25, -0.2) is 19.9 Å². The van der Waals surface area contributed by atoms with Gasteiger partial charge in [-0.15, -0.1) is 0 Å². The summed E-state index contributed by atoms with van der Waals surface area (Å²) < 4.78 is 9.21. The van der Waals surface area contributed by atoms with Gasteiger partial charge in [-0.2, -0.15) is 0 Å². The summed E-state index contributed by atoms with van der Waals surface area (Å²) in [5, 5.41) is 0. The molecule has 0 radical (unpaired) electrons. The molecule has 3 heterocycles. The molecule has 0 saturated heterocycles. The number of para-hydroxylation sites is 2. The van der Waals surface area contributed by atoms with Crippen LogP contribution in [0.3, 0.4) is 0 Å². The summed E-state index contributed by atoms with van der Waals surface area (Å²) in [5.74, 6) is 0.953. The second kappa shape index (κ2) is 7.63. The lowest BCUT2D eigenvalue weighted by atomic mass is 10.3. The van der Waals surface area contributed by atoms with E-state index >= 15 is 0 Å². The molecule has 0 amide bonds. The third-order valence-electron chi connectivity index (χ3n) is 4.57. The molecule has 2 N–H and O–H groups in total. The fraction of sp³-hybridized carbons (Fsp3) is 0.316. The minimum absolute atomic E-state index is 0.154. The predicted octanol–water partition coefficient (Wildman–Crippen LogP) is 1.95. The zero-order chi connectivity index (χ0) is 19.5. The fourth-order valence-corrected chi connectivity index (χ4v) is 3.23. The first-order valence-corrected chi connectivity index (χ1v) is 9.18. The van der Waals surface area contributed by atoms with Crippen LogP contribution in [-0.2, 0) is 29.0 Å². The number of esters is 1. The Balaban J connectivity index is 1.34. The van der Waals surface area contributed by atoms with Gasteiger partial charge in [-0.3, -0.25) is 4.79 Å². The molecule has 9 heteroatoms. The number of anilines is 1. The normalized spacial score (nSPS) is 11.3. The van der Waals surface area contributed by atoms with Crippen molar-refractivity contribution in [2.75, 3.05) is 12.3 Å². The Morgan fingerprint density at radius 3 is 2.93 bits per heavy atom. The zero-order valence-electron chi connectivity index (χ0n) is 15.6. The number of nitrogens with two attached hydrogens (primary N) is 1. The molecule has 0 fully saturated rings. The number of nitrogen functional groups attached to an aromatic ring is 1. The molecule has 9 nitrogen and oxygen atoms in total. The number of rotatable bonds is 7. The van der Waals surface area contributed by atoms with Crippen molar-refractivity contribution in [1.82, 2.24) is 29.1 Å². The van der Waals surface area contributed by atoms with Gasteiger partial charge in [-0.05, 0) is 18.6 Å². The van der Waals surface area contributed by atoms with Crippen molar-refractivity contribution >= 4 is 34.0 Å². The number of hydrogen-bond donors (Lipinski definition) is 1. The van der Waals surface area contributed by atoms with Gasteiger partial charge in [0.15, 0.2) is 11.5 Å². The first kappa shape index (κ1) is 17.9. The molecule has 0 spiro atoms. The number of carbonyl (C=O) groups is 1. The number of imidazole rings is 2. The molecule has 0 aliphatic heterocycles. The van der Waals surface area contributed by atoms with Crippen molar-refractivity contribution in [1.29, 1.82) is 0 Å². The number of hydrogen-bond acceptors (Lipinski definition) is 7. The lowest BCUT2D eigenvalue weighted by Crippen LogP contribution is -2.16. The summed E-state index contributed by atoms with van der Waals surface area (Å²) in [7, 11) is 0. The van der Waals surface area contributed by atoms with Gasteiger partial charge in [0, 0.05) is 13.0 Å². The smallest absolute Gasteiger partial charge is 0.326 e. The van der Waals surface area contributed by atoms with Gasteiger partial charge in [-0.1, -0.05) is 19.1 Å². The third kappa shape index (κ3) is 3.38. The second-order valence-corrected chi connectivity index (χ2v) is 6.40. The van der Waals surface area contributed by atoms with E-state index in [1.807, 2.05) is 40.3 Å². The van der Waals surface area contributed by atoms with Crippen molar-refractivity contribution in [3.8, 4) is 0 Å². The molecule has 28 heavy (non-hydrogen) atoms. The summed E-state index contributed by atoms with van der Waals surface area (Å²) in [6.07, 6.45) is 4.48. The van der Waals surface area contributed by atoms with E-state index in [-0.39, 0.29) is 12.5 Å². The highest BCUT2D eigenvalue weighted by molar-refractivity contribution is 5.81. The molecule has 0 saturated carbocycles. The van der Waals surface area contributed by atoms with Crippen molar-refractivity contribution in [3.05, 3.63) is 42.7 Å². The Morgan fingerprint density at radius 1 is 1.21 bits per heavy atom. The Kier molecular flexibility index (Phi) is 4.88. The van der Waals surface area contributed by atoms with Crippen LogP contribution in [0.5, 0.6) is 0 Å². The Hall–Kier alpha value is -3.49. The van der Waals surface area contributed by atoms with E-state index in [0.717, 1.165) is 23.3 Å². The Labute approximate surface area is 161 Å². The van der Waals surface area contributed by atoms with Crippen molar-refractivity contribution in [3.63, 3.8) is 0 Å². The number of aromatic nitrogens is 6. The average molecular weight is 379 g/mol. The highest BCUT2D eigenvalue weighted by Crippen LogP contribution is 2.17. The number of benzene rings is 1. The maximum Gasteiger partial charge on any atom is 0.326 e. The van der Waals surface area contributed by atoms with E-state index < -0.39 is 0 Å². The molecule has 0 aliphatic rings. The van der Waals surface area contributed by atoms with Gasteiger partial charge in [0.25, 0.3) is 0 Å². The van der Waals surface area contributed by atoms with E-state index in [9.17, 15) is 4.79 Å². The number of aryl methyl sites for hydroxylation is 2. The fourth-order valence-electron chi connectivity index (χ4n) is 3.23. The van der Waals surface area contributed by atoms with E-state index in [1.54, 1.807) is 6.33 Å². The van der Waals surface area contributed by atoms with E-state index in [0.29, 0.717) is 36.6 Å². The second-order valence-electron chi connectivity index (χ2n) is 6.40. The average Bonchev–Trinajstić information content (AvgIpc) is 3.28. The largest absolute Gasteiger partial charge is 0.464 e. The number of carbonyl (C=O) groups excluding carboxylic acids is 1. The molecule has 1 aromatic carbocycles. The van der Waals surface area contributed by atoms with Crippen LogP contribution < -0.4 is 5.73 Å². The standard InChI is InChI=1S/C19H21N7O2/c1-2-15-24-13-6-3-4-7-14(13)26(15)10-16(27)28-9-5-8-25-12-23-17-18(20)21-11-22-19(17)25/h3-4,6-7,11-12H,2,5,8-10H2,1H3,(H2,20,21,22). The maximum absolute atomic E-state index is 12.3. The number of fused-ring (bicyclic) bond motifs is 2. The van der Waals surface area contributed by atoms with Crippen molar-refractivity contribution in [2.24, 2.45) is 0 Å². The van der Waals surface area contributed by atoms with E-state index in [1.165, 1.54) is 6.33 Å². The SMILES string of the molecule is CCc1nc2ccccc2n1CC(=O)OCCCn1cnc2c(N)ncnc21. The third-order valence-corrected chi connectivity index (χ3v) is 4.57. The molecule has 144 valence electrons. The Bertz CT molecular complexity index is 1130. The first-order valence-electron chi connectivity index (χ1n) is 9.18. The van der Waals surface area contributed by atoms with Crippen LogP contribution in [-0.4, -0.2) is 41.6 Å². The number of nitrogens with zero attached hydrogens (tertiary/aromatic N) is 6. The maximum atomic E-state index is 12.3. The molecule has 0 unspecified atom stereocenters. The molecular weight excluding hydrogens is 358 g/mol. The Morgan fingerprint density at radius 2 is 2.07 bits per heavy atom. The lowest BCUT2D eigenvalue weighted by molar-refractivity contribution is -0.144. The zero-order valence-corrected chi connectivity index (χ0v) is 15.6. The van der Waals surface area contributed by atoms with Crippen LogP contribution >= 0.6 is 0 Å². The van der Waals surface area contributed by atoms with Crippen LogP contribution in [0.4, 0.5) is 5.82 Å². The lowest BCUT2D eigenvalue weighted by Gasteiger charge is -2.09. The van der Waals surface area contributed by atoms with Crippen LogP contribution in [0.15, 0.2) is 36.9 Å².